The Balaban J connectivity index is 1.70. The zero-order valence-electron chi connectivity index (χ0n) is 9.15. The van der Waals surface area contributed by atoms with Gasteiger partial charge in [0.15, 0.2) is 0 Å². The summed E-state index contributed by atoms with van der Waals surface area (Å²) >= 11 is 1.54. The molecule has 0 amide bonds. The summed E-state index contributed by atoms with van der Waals surface area (Å²) in [7, 11) is 0. The van der Waals surface area contributed by atoms with Gasteiger partial charge in [-0.2, -0.15) is 5.26 Å². The molecule has 3 nitrogen and oxygen atoms in total. The van der Waals surface area contributed by atoms with Crippen LogP contribution in [0.1, 0.15) is 29.0 Å². The minimum absolute atomic E-state index is 0.0845. The first-order chi connectivity index (χ1) is 7.78. The molecular formula is C12H16N2OS. The van der Waals surface area contributed by atoms with Gasteiger partial charge in [0, 0.05) is 11.4 Å². The molecule has 1 aliphatic rings. The molecule has 2 unspecified atom stereocenters. The third-order valence-corrected chi connectivity index (χ3v) is 4.01. The quantitative estimate of drug-likeness (QED) is 0.839. The highest BCUT2D eigenvalue weighted by molar-refractivity contribution is 7.12. The van der Waals surface area contributed by atoms with Gasteiger partial charge in [0.05, 0.1) is 6.10 Å². The van der Waals surface area contributed by atoms with E-state index in [1.54, 1.807) is 11.3 Å². The third-order valence-electron chi connectivity index (χ3n) is 3.02. The molecule has 1 aromatic heterocycles. The molecule has 2 atom stereocenters. The Morgan fingerprint density at radius 1 is 1.50 bits per heavy atom. The summed E-state index contributed by atoms with van der Waals surface area (Å²) < 4.78 is 0. The lowest BCUT2D eigenvalue weighted by Crippen LogP contribution is -2.20. The normalized spacial score (nSPS) is 24.5. The van der Waals surface area contributed by atoms with Crippen LogP contribution in [0.4, 0.5) is 0 Å². The van der Waals surface area contributed by atoms with Crippen LogP contribution in [0.5, 0.6) is 0 Å². The maximum atomic E-state index is 9.39. The highest BCUT2D eigenvalue weighted by Gasteiger charge is 2.21. The summed E-state index contributed by atoms with van der Waals surface area (Å²) in [5, 5.41) is 21.5. The molecule has 2 N–H and O–H groups in total. The fourth-order valence-corrected chi connectivity index (χ4v) is 2.94. The van der Waals surface area contributed by atoms with E-state index in [1.165, 1.54) is 4.88 Å². The van der Waals surface area contributed by atoms with Gasteiger partial charge in [0.25, 0.3) is 0 Å². The highest BCUT2D eigenvalue weighted by atomic mass is 32.1. The molecular weight excluding hydrogens is 220 g/mol. The molecule has 16 heavy (non-hydrogen) atoms. The topological polar surface area (TPSA) is 56.0 Å². The Morgan fingerprint density at radius 2 is 2.38 bits per heavy atom. The van der Waals surface area contributed by atoms with Gasteiger partial charge in [-0.3, -0.25) is 0 Å². The van der Waals surface area contributed by atoms with E-state index >= 15 is 0 Å². The van der Waals surface area contributed by atoms with Crippen LogP contribution in [0.3, 0.4) is 0 Å². The van der Waals surface area contributed by atoms with E-state index in [9.17, 15) is 5.11 Å². The summed E-state index contributed by atoms with van der Waals surface area (Å²) in [6, 6.07) is 6.00. The summed E-state index contributed by atoms with van der Waals surface area (Å²) in [6.07, 6.45) is 2.92. The van der Waals surface area contributed by atoms with E-state index in [2.05, 4.69) is 11.4 Å². The second-order valence-corrected chi connectivity index (χ2v) is 5.51. The molecule has 1 heterocycles. The van der Waals surface area contributed by atoms with E-state index < -0.39 is 0 Å². The molecule has 0 radical (unpaired) electrons. The number of thiophene rings is 1. The fraction of sp³-hybridized carbons (Fsp3) is 0.583. The number of aliphatic hydroxyl groups excluding tert-OH is 1. The molecule has 1 saturated carbocycles. The van der Waals surface area contributed by atoms with Crippen LogP contribution in [0, 0.1) is 17.2 Å². The molecule has 0 bridgehead atoms. The maximum Gasteiger partial charge on any atom is 0.110 e. The first-order valence-corrected chi connectivity index (χ1v) is 6.47. The first-order valence-electron chi connectivity index (χ1n) is 5.65. The van der Waals surface area contributed by atoms with Crippen molar-refractivity contribution in [1.29, 1.82) is 5.26 Å². The van der Waals surface area contributed by atoms with E-state index in [0.29, 0.717) is 5.92 Å². The van der Waals surface area contributed by atoms with E-state index in [0.717, 1.165) is 37.2 Å². The van der Waals surface area contributed by atoms with Crippen molar-refractivity contribution in [3.8, 4) is 6.07 Å². The van der Waals surface area contributed by atoms with Gasteiger partial charge >= 0.3 is 0 Å². The van der Waals surface area contributed by atoms with Crippen LogP contribution in [-0.4, -0.2) is 17.8 Å². The summed E-state index contributed by atoms with van der Waals surface area (Å²) in [6.45, 7) is 1.80. The summed E-state index contributed by atoms with van der Waals surface area (Å²) in [5.41, 5.74) is 0. The minimum Gasteiger partial charge on any atom is -0.393 e. The molecule has 1 fully saturated rings. The van der Waals surface area contributed by atoms with Crippen LogP contribution in [0.25, 0.3) is 0 Å². The van der Waals surface area contributed by atoms with Gasteiger partial charge in [-0.05, 0) is 43.9 Å². The Labute approximate surface area is 99.7 Å². The molecule has 0 aliphatic heterocycles. The molecule has 86 valence electrons. The predicted octanol–water partition coefficient (Wildman–Crippen LogP) is 1.87. The van der Waals surface area contributed by atoms with Crippen molar-refractivity contribution >= 4 is 11.3 Å². The third kappa shape index (κ3) is 3.05. The molecule has 0 aromatic carbocycles. The van der Waals surface area contributed by atoms with E-state index in [4.69, 9.17) is 5.26 Å². The second-order valence-electron chi connectivity index (χ2n) is 4.34. The van der Waals surface area contributed by atoms with Crippen molar-refractivity contribution in [2.45, 2.75) is 31.9 Å². The van der Waals surface area contributed by atoms with Crippen molar-refractivity contribution in [2.75, 3.05) is 6.54 Å². The van der Waals surface area contributed by atoms with E-state index in [1.807, 2.05) is 12.1 Å². The number of nitrogens with zero attached hydrogens (tertiary/aromatic N) is 1. The smallest absolute Gasteiger partial charge is 0.110 e. The standard InChI is InChI=1S/C12H16N2OS/c13-6-11-3-4-12(16-11)8-14-7-9-1-2-10(15)5-9/h3-4,9-10,14-15H,1-2,5,7-8H2. The van der Waals surface area contributed by atoms with Gasteiger partial charge in [-0.15, -0.1) is 11.3 Å². The lowest BCUT2D eigenvalue weighted by Gasteiger charge is -2.09. The lowest BCUT2D eigenvalue weighted by molar-refractivity contribution is 0.177. The highest BCUT2D eigenvalue weighted by Crippen LogP contribution is 2.24. The molecule has 4 heteroatoms. The Morgan fingerprint density at radius 3 is 3.00 bits per heavy atom. The average Bonchev–Trinajstić information content (AvgIpc) is 2.88. The number of aliphatic hydroxyl groups is 1. The van der Waals surface area contributed by atoms with E-state index in [-0.39, 0.29) is 6.10 Å². The van der Waals surface area contributed by atoms with Crippen molar-refractivity contribution in [2.24, 2.45) is 5.92 Å². The predicted molar refractivity (Wildman–Crippen MR) is 64.1 cm³/mol. The van der Waals surface area contributed by atoms with Crippen molar-refractivity contribution in [1.82, 2.24) is 5.32 Å². The van der Waals surface area contributed by atoms with Crippen LogP contribution in [-0.2, 0) is 6.54 Å². The number of hydrogen-bond acceptors (Lipinski definition) is 4. The van der Waals surface area contributed by atoms with Crippen LogP contribution in [0.2, 0.25) is 0 Å². The zero-order chi connectivity index (χ0) is 11.4. The van der Waals surface area contributed by atoms with Crippen molar-refractivity contribution in [3.05, 3.63) is 21.9 Å². The Kier molecular flexibility index (Phi) is 3.94. The SMILES string of the molecule is N#Cc1ccc(CNCC2CCC(O)C2)s1. The van der Waals surface area contributed by atoms with Crippen molar-refractivity contribution < 1.29 is 5.11 Å². The van der Waals surface area contributed by atoms with Gasteiger partial charge in [0.2, 0.25) is 0 Å². The maximum absolute atomic E-state index is 9.39. The number of hydrogen-bond donors (Lipinski definition) is 2. The number of rotatable bonds is 4. The van der Waals surface area contributed by atoms with Crippen LogP contribution >= 0.6 is 11.3 Å². The molecule has 2 rings (SSSR count). The molecule has 1 aromatic rings. The van der Waals surface area contributed by atoms with Crippen LogP contribution < -0.4 is 5.32 Å². The lowest BCUT2D eigenvalue weighted by atomic mass is 10.1. The van der Waals surface area contributed by atoms with Gasteiger partial charge in [-0.1, -0.05) is 0 Å². The monoisotopic (exact) mass is 236 g/mol. The fourth-order valence-electron chi connectivity index (χ4n) is 2.17. The van der Waals surface area contributed by atoms with Crippen LogP contribution in [0.15, 0.2) is 12.1 Å². The van der Waals surface area contributed by atoms with Gasteiger partial charge in [0.1, 0.15) is 10.9 Å². The summed E-state index contributed by atoms with van der Waals surface area (Å²) in [5.74, 6) is 0.616. The molecule has 1 aliphatic carbocycles. The van der Waals surface area contributed by atoms with Gasteiger partial charge in [-0.25, -0.2) is 0 Å². The van der Waals surface area contributed by atoms with Crippen molar-refractivity contribution in [3.63, 3.8) is 0 Å². The number of nitrogens with one attached hydrogen (secondary N) is 1. The number of nitriles is 1. The zero-order valence-corrected chi connectivity index (χ0v) is 9.96. The minimum atomic E-state index is -0.0845. The second kappa shape index (κ2) is 5.44. The molecule has 0 saturated heterocycles. The largest absolute Gasteiger partial charge is 0.393 e. The Bertz CT molecular complexity index is 383. The average molecular weight is 236 g/mol. The molecule has 0 spiro atoms. The first kappa shape index (κ1) is 11.6. The Hall–Kier alpha value is -0.890. The van der Waals surface area contributed by atoms with Gasteiger partial charge < -0.3 is 10.4 Å². The summed E-state index contributed by atoms with van der Waals surface area (Å²) in [4.78, 5) is 1.98.